The average molecular weight is 286 g/mol. The molecule has 2 atom stereocenters. The number of hydrogen-bond donors (Lipinski definition) is 1. The summed E-state index contributed by atoms with van der Waals surface area (Å²) in [5.74, 6) is 1.16. The lowest BCUT2D eigenvalue weighted by Crippen LogP contribution is -2.16. The Bertz CT molecular complexity index is 632. The number of aryl methyl sites for hydroxylation is 1. The van der Waals surface area contributed by atoms with Crippen LogP contribution in [-0.4, -0.2) is 11.7 Å². The van der Waals surface area contributed by atoms with Gasteiger partial charge in [0.25, 0.3) is 0 Å². The SMILES string of the molecule is OC(c1cccc2c1OCC2)C1CCCc2sccc21. The van der Waals surface area contributed by atoms with E-state index in [-0.39, 0.29) is 5.92 Å². The lowest BCUT2D eigenvalue weighted by molar-refractivity contribution is 0.133. The number of thiophene rings is 1. The van der Waals surface area contributed by atoms with Gasteiger partial charge in [0.05, 0.1) is 12.7 Å². The zero-order valence-corrected chi connectivity index (χ0v) is 12.2. The number of hydrogen-bond acceptors (Lipinski definition) is 3. The summed E-state index contributed by atoms with van der Waals surface area (Å²) in [6.45, 7) is 0.743. The van der Waals surface area contributed by atoms with Crippen LogP contribution in [0.1, 0.15) is 46.4 Å². The minimum Gasteiger partial charge on any atom is -0.493 e. The van der Waals surface area contributed by atoms with Crippen LogP contribution in [0.2, 0.25) is 0 Å². The van der Waals surface area contributed by atoms with E-state index in [9.17, 15) is 5.11 Å². The third-order valence-electron chi connectivity index (χ3n) is 4.54. The van der Waals surface area contributed by atoms with Gasteiger partial charge in [0.1, 0.15) is 5.75 Å². The van der Waals surface area contributed by atoms with Gasteiger partial charge in [-0.25, -0.2) is 0 Å². The van der Waals surface area contributed by atoms with Crippen LogP contribution in [0.4, 0.5) is 0 Å². The molecule has 0 radical (unpaired) electrons. The normalized spacial score (nSPS) is 21.9. The Balaban J connectivity index is 1.73. The Morgan fingerprint density at radius 2 is 2.20 bits per heavy atom. The van der Waals surface area contributed by atoms with Gasteiger partial charge in [-0.2, -0.15) is 0 Å². The summed E-state index contributed by atoms with van der Waals surface area (Å²) in [5.41, 5.74) is 3.57. The highest BCUT2D eigenvalue weighted by Crippen LogP contribution is 2.45. The Kier molecular flexibility index (Phi) is 3.04. The van der Waals surface area contributed by atoms with Gasteiger partial charge < -0.3 is 9.84 Å². The van der Waals surface area contributed by atoms with Crippen molar-refractivity contribution in [2.24, 2.45) is 0 Å². The van der Waals surface area contributed by atoms with Crippen LogP contribution >= 0.6 is 11.3 Å². The van der Waals surface area contributed by atoms with Gasteiger partial charge in [0.2, 0.25) is 0 Å². The molecule has 104 valence electrons. The monoisotopic (exact) mass is 286 g/mol. The molecule has 0 amide bonds. The Morgan fingerprint density at radius 3 is 3.15 bits per heavy atom. The molecule has 2 heterocycles. The second-order valence-corrected chi connectivity index (χ2v) is 6.68. The van der Waals surface area contributed by atoms with Gasteiger partial charge >= 0.3 is 0 Å². The summed E-state index contributed by atoms with van der Waals surface area (Å²) in [6.07, 6.45) is 3.92. The Morgan fingerprint density at radius 1 is 1.25 bits per heavy atom. The second kappa shape index (κ2) is 4.90. The molecule has 1 aliphatic carbocycles. The van der Waals surface area contributed by atoms with Crippen LogP contribution in [0, 0.1) is 0 Å². The van der Waals surface area contributed by atoms with Crippen molar-refractivity contribution in [3.8, 4) is 5.75 Å². The highest BCUT2D eigenvalue weighted by molar-refractivity contribution is 7.10. The highest BCUT2D eigenvalue weighted by Gasteiger charge is 2.31. The van der Waals surface area contributed by atoms with E-state index in [1.165, 1.54) is 28.8 Å². The molecule has 2 aromatic rings. The fraction of sp³-hybridized carbons (Fsp3) is 0.412. The second-order valence-electron chi connectivity index (χ2n) is 5.68. The Hall–Kier alpha value is -1.32. The molecule has 0 fully saturated rings. The molecule has 0 bridgehead atoms. The molecule has 2 unspecified atom stereocenters. The van der Waals surface area contributed by atoms with Crippen molar-refractivity contribution in [2.45, 2.75) is 37.7 Å². The fourth-order valence-corrected chi connectivity index (χ4v) is 4.54. The molecule has 0 saturated heterocycles. The molecule has 0 spiro atoms. The Labute approximate surface area is 123 Å². The molecule has 1 aliphatic heterocycles. The van der Waals surface area contributed by atoms with E-state index in [0.29, 0.717) is 0 Å². The minimum absolute atomic E-state index is 0.223. The summed E-state index contributed by atoms with van der Waals surface area (Å²) in [7, 11) is 0. The van der Waals surface area contributed by atoms with Gasteiger partial charge in [-0.05, 0) is 41.8 Å². The minimum atomic E-state index is -0.448. The number of aliphatic hydroxyl groups excluding tert-OH is 1. The zero-order chi connectivity index (χ0) is 13.5. The molecule has 3 heteroatoms. The average Bonchev–Trinajstić information content (AvgIpc) is 3.13. The summed E-state index contributed by atoms with van der Waals surface area (Å²) in [5, 5.41) is 13.1. The number of ether oxygens (including phenoxy) is 1. The molecule has 2 aliphatic rings. The molecule has 0 saturated carbocycles. The smallest absolute Gasteiger partial charge is 0.128 e. The van der Waals surface area contributed by atoms with Crippen LogP contribution in [0.25, 0.3) is 0 Å². The number of para-hydroxylation sites is 1. The summed E-state index contributed by atoms with van der Waals surface area (Å²) < 4.78 is 5.75. The molecular weight excluding hydrogens is 268 g/mol. The van der Waals surface area contributed by atoms with Gasteiger partial charge in [-0.3, -0.25) is 0 Å². The first-order valence-corrected chi connectivity index (χ1v) is 8.21. The third-order valence-corrected chi connectivity index (χ3v) is 5.54. The van der Waals surface area contributed by atoms with E-state index >= 15 is 0 Å². The summed E-state index contributed by atoms with van der Waals surface area (Å²) in [4.78, 5) is 1.45. The van der Waals surface area contributed by atoms with E-state index < -0.39 is 6.10 Å². The molecule has 2 nitrogen and oxygen atoms in total. The molecule has 4 rings (SSSR count). The lowest BCUT2D eigenvalue weighted by atomic mass is 9.81. The van der Waals surface area contributed by atoms with Crippen LogP contribution in [-0.2, 0) is 12.8 Å². The maximum Gasteiger partial charge on any atom is 0.128 e. The first-order valence-electron chi connectivity index (χ1n) is 7.33. The van der Waals surface area contributed by atoms with Crippen LogP contribution in [0.15, 0.2) is 29.6 Å². The first-order chi connectivity index (χ1) is 9.84. The lowest BCUT2D eigenvalue weighted by Gasteiger charge is -2.28. The number of benzene rings is 1. The molecular formula is C17H18O2S. The van der Waals surface area contributed by atoms with Crippen molar-refractivity contribution < 1.29 is 9.84 Å². The molecule has 1 N–H and O–H groups in total. The van der Waals surface area contributed by atoms with Crippen molar-refractivity contribution in [1.29, 1.82) is 0 Å². The van der Waals surface area contributed by atoms with Gasteiger partial charge in [-0.1, -0.05) is 18.2 Å². The van der Waals surface area contributed by atoms with Crippen molar-refractivity contribution in [3.63, 3.8) is 0 Å². The number of fused-ring (bicyclic) bond motifs is 2. The predicted molar refractivity (Wildman–Crippen MR) is 80.6 cm³/mol. The van der Waals surface area contributed by atoms with E-state index in [1.54, 1.807) is 0 Å². The molecule has 20 heavy (non-hydrogen) atoms. The zero-order valence-electron chi connectivity index (χ0n) is 11.3. The van der Waals surface area contributed by atoms with Crippen LogP contribution in [0.3, 0.4) is 0 Å². The first kappa shape index (κ1) is 12.4. The maximum atomic E-state index is 10.9. The van der Waals surface area contributed by atoms with Crippen LogP contribution in [0.5, 0.6) is 5.75 Å². The maximum absolute atomic E-state index is 10.9. The molecule has 1 aromatic carbocycles. The van der Waals surface area contributed by atoms with Crippen LogP contribution < -0.4 is 4.74 Å². The predicted octanol–water partition coefficient (Wildman–Crippen LogP) is 3.84. The highest BCUT2D eigenvalue weighted by atomic mass is 32.1. The van der Waals surface area contributed by atoms with E-state index in [4.69, 9.17) is 4.74 Å². The third kappa shape index (κ3) is 1.88. The van der Waals surface area contributed by atoms with Gasteiger partial charge in [0.15, 0.2) is 0 Å². The largest absolute Gasteiger partial charge is 0.493 e. The van der Waals surface area contributed by atoms with Gasteiger partial charge in [0, 0.05) is 22.8 Å². The topological polar surface area (TPSA) is 29.5 Å². The fourth-order valence-electron chi connectivity index (χ4n) is 3.54. The summed E-state index contributed by atoms with van der Waals surface area (Å²) in [6, 6.07) is 8.37. The summed E-state index contributed by atoms with van der Waals surface area (Å²) >= 11 is 1.82. The van der Waals surface area contributed by atoms with Crippen molar-refractivity contribution >= 4 is 11.3 Å². The standard InChI is InChI=1S/C17H18O2S/c18-16(13-4-2-6-15-12(13)8-10-20-15)14-5-1-3-11-7-9-19-17(11)14/h1,3,5,8,10,13,16,18H,2,4,6-7,9H2. The quantitative estimate of drug-likeness (QED) is 0.909. The number of aliphatic hydroxyl groups is 1. The van der Waals surface area contributed by atoms with E-state index in [1.807, 2.05) is 23.5 Å². The van der Waals surface area contributed by atoms with E-state index in [2.05, 4.69) is 17.5 Å². The van der Waals surface area contributed by atoms with Gasteiger partial charge in [-0.15, -0.1) is 11.3 Å². The van der Waals surface area contributed by atoms with Crippen molar-refractivity contribution in [2.75, 3.05) is 6.61 Å². The van der Waals surface area contributed by atoms with Crippen molar-refractivity contribution in [3.05, 3.63) is 51.2 Å². The van der Waals surface area contributed by atoms with Crippen molar-refractivity contribution in [1.82, 2.24) is 0 Å². The van der Waals surface area contributed by atoms with E-state index in [0.717, 1.165) is 30.8 Å². The number of rotatable bonds is 2. The molecule has 1 aromatic heterocycles.